The monoisotopic (exact) mass is 215 g/mol. The second kappa shape index (κ2) is 5.92. The topological polar surface area (TPSA) is 64.6 Å². The van der Waals surface area contributed by atoms with Gasteiger partial charge in [-0.2, -0.15) is 0 Å². The summed E-state index contributed by atoms with van der Waals surface area (Å²) in [5, 5.41) is 15.1. The summed E-state index contributed by atoms with van der Waals surface area (Å²) >= 11 is 0. The first-order valence-corrected chi connectivity index (χ1v) is 5.52. The third kappa shape index (κ3) is 3.68. The molecule has 0 unspecified atom stereocenters. The number of urea groups is 1. The lowest BCUT2D eigenvalue weighted by Gasteiger charge is -2.21. The van der Waals surface area contributed by atoms with Crippen LogP contribution in [0.2, 0.25) is 0 Å². The van der Waals surface area contributed by atoms with Crippen molar-refractivity contribution in [3.05, 3.63) is 0 Å². The lowest BCUT2D eigenvalue weighted by molar-refractivity contribution is 0.200. The van der Waals surface area contributed by atoms with Gasteiger partial charge in [0.15, 0.2) is 0 Å². The summed E-state index contributed by atoms with van der Waals surface area (Å²) in [5.41, 5.74) is 0. The van der Waals surface area contributed by atoms with Gasteiger partial charge >= 0.3 is 6.03 Å². The number of hydrogen-bond acceptors (Lipinski definition) is 3. The Morgan fingerprint density at radius 3 is 2.80 bits per heavy atom. The number of nitrogens with zero attached hydrogens (tertiary/aromatic N) is 1. The molecule has 0 radical (unpaired) electrons. The minimum Gasteiger partial charge on any atom is -0.395 e. The van der Waals surface area contributed by atoms with E-state index in [4.69, 9.17) is 5.11 Å². The Bertz CT molecular complexity index is 209. The molecule has 0 aromatic heterocycles. The molecule has 0 spiro atoms. The third-order valence-electron chi connectivity index (χ3n) is 2.73. The minimum atomic E-state index is 0.0156. The highest BCUT2D eigenvalue weighted by atomic mass is 16.3. The maximum atomic E-state index is 11.2. The predicted molar refractivity (Wildman–Crippen MR) is 58.7 cm³/mol. The Hall–Kier alpha value is -0.810. The van der Waals surface area contributed by atoms with Crippen molar-refractivity contribution in [3.8, 4) is 0 Å². The van der Waals surface area contributed by atoms with E-state index >= 15 is 0 Å². The van der Waals surface area contributed by atoms with E-state index in [9.17, 15) is 4.79 Å². The maximum absolute atomic E-state index is 11.2. The van der Waals surface area contributed by atoms with E-state index in [1.54, 1.807) is 4.90 Å². The first-order chi connectivity index (χ1) is 7.15. The molecule has 1 atom stereocenters. The third-order valence-corrected chi connectivity index (χ3v) is 2.73. The Morgan fingerprint density at radius 2 is 2.33 bits per heavy atom. The molecular formula is C10H21N3O2. The average Bonchev–Trinajstić information content (AvgIpc) is 2.58. The van der Waals surface area contributed by atoms with E-state index in [0.29, 0.717) is 12.5 Å². The second-order valence-corrected chi connectivity index (χ2v) is 4.21. The molecule has 1 aliphatic rings. The molecule has 0 saturated carbocycles. The highest BCUT2D eigenvalue weighted by Gasteiger charge is 2.19. The Labute approximate surface area is 90.8 Å². The van der Waals surface area contributed by atoms with Crippen molar-refractivity contribution in [3.63, 3.8) is 0 Å². The van der Waals surface area contributed by atoms with Crippen LogP contribution in [0.5, 0.6) is 0 Å². The molecule has 5 heteroatoms. The van der Waals surface area contributed by atoms with Gasteiger partial charge < -0.3 is 20.6 Å². The molecule has 0 aromatic carbocycles. The molecular weight excluding hydrogens is 194 g/mol. The van der Waals surface area contributed by atoms with Gasteiger partial charge in [0.2, 0.25) is 0 Å². The van der Waals surface area contributed by atoms with Crippen molar-refractivity contribution in [2.45, 2.75) is 19.9 Å². The zero-order chi connectivity index (χ0) is 11.3. The van der Waals surface area contributed by atoms with Gasteiger partial charge in [-0.15, -0.1) is 0 Å². The second-order valence-electron chi connectivity index (χ2n) is 4.21. The molecule has 1 aliphatic heterocycles. The zero-order valence-corrected chi connectivity index (χ0v) is 9.49. The number of carbonyl (C=O) groups is 1. The number of nitrogens with one attached hydrogen (secondary N) is 2. The number of carbonyl (C=O) groups excluding carboxylic acids is 1. The summed E-state index contributed by atoms with van der Waals surface area (Å²) in [7, 11) is 0. The summed E-state index contributed by atoms with van der Waals surface area (Å²) in [6.07, 6.45) is 0. The lowest BCUT2D eigenvalue weighted by Crippen LogP contribution is -2.42. The van der Waals surface area contributed by atoms with Crippen LogP contribution in [0.3, 0.4) is 0 Å². The van der Waals surface area contributed by atoms with Gasteiger partial charge in [0.25, 0.3) is 0 Å². The van der Waals surface area contributed by atoms with Crippen LogP contribution in [-0.2, 0) is 0 Å². The molecule has 0 aromatic rings. The molecule has 1 saturated heterocycles. The molecule has 0 bridgehead atoms. The SMILES string of the molecule is CC(C)[C@@H](CO)NCCN1CCNC1=O. The van der Waals surface area contributed by atoms with Crippen molar-refractivity contribution in [2.75, 3.05) is 32.8 Å². The molecule has 0 aliphatic carbocycles. The summed E-state index contributed by atoms with van der Waals surface area (Å²) in [4.78, 5) is 13.0. The van der Waals surface area contributed by atoms with Crippen LogP contribution in [0, 0.1) is 5.92 Å². The zero-order valence-electron chi connectivity index (χ0n) is 9.49. The molecule has 1 heterocycles. The molecule has 3 N–H and O–H groups in total. The Balaban J connectivity index is 2.17. The fourth-order valence-corrected chi connectivity index (χ4v) is 1.62. The van der Waals surface area contributed by atoms with Gasteiger partial charge in [0.1, 0.15) is 0 Å². The maximum Gasteiger partial charge on any atom is 0.317 e. The van der Waals surface area contributed by atoms with E-state index in [0.717, 1.165) is 19.6 Å². The van der Waals surface area contributed by atoms with Gasteiger partial charge in [-0.05, 0) is 5.92 Å². The van der Waals surface area contributed by atoms with E-state index in [2.05, 4.69) is 24.5 Å². The number of aliphatic hydroxyl groups excluding tert-OH is 1. The van der Waals surface area contributed by atoms with Gasteiger partial charge in [0, 0.05) is 32.2 Å². The van der Waals surface area contributed by atoms with Crippen molar-refractivity contribution in [1.82, 2.24) is 15.5 Å². The molecule has 15 heavy (non-hydrogen) atoms. The van der Waals surface area contributed by atoms with Gasteiger partial charge in [0.05, 0.1) is 6.61 Å². The van der Waals surface area contributed by atoms with Crippen LogP contribution in [0.25, 0.3) is 0 Å². The van der Waals surface area contributed by atoms with Gasteiger partial charge in [-0.1, -0.05) is 13.8 Å². The number of hydrogen-bond donors (Lipinski definition) is 3. The fraction of sp³-hybridized carbons (Fsp3) is 0.900. The van der Waals surface area contributed by atoms with Crippen LogP contribution in [0.15, 0.2) is 0 Å². The summed E-state index contributed by atoms with van der Waals surface area (Å²) in [6, 6.07) is 0.137. The van der Waals surface area contributed by atoms with E-state index in [1.165, 1.54) is 0 Å². The van der Waals surface area contributed by atoms with E-state index in [1.807, 2.05) is 0 Å². The smallest absolute Gasteiger partial charge is 0.317 e. The van der Waals surface area contributed by atoms with Crippen LogP contribution in [0.4, 0.5) is 4.79 Å². The van der Waals surface area contributed by atoms with Crippen LogP contribution >= 0.6 is 0 Å². The summed E-state index contributed by atoms with van der Waals surface area (Å²) < 4.78 is 0. The molecule has 5 nitrogen and oxygen atoms in total. The van der Waals surface area contributed by atoms with Crippen LogP contribution in [0.1, 0.15) is 13.8 Å². The van der Waals surface area contributed by atoms with Crippen molar-refractivity contribution >= 4 is 6.03 Å². The first kappa shape index (κ1) is 12.3. The molecule has 2 amide bonds. The standard InChI is InChI=1S/C10H21N3O2/c1-8(2)9(7-14)11-3-5-13-6-4-12-10(13)15/h8-9,11,14H,3-7H2,1-2H3,(H,12,15)/t9-/m1/s1. The largest absolute Gasteiger partial charge is 0.395 e. The van der Waals surface area contributed by atoms with Crippen molar-refractivity contribution in [2.24, 2.45) is 5.92 Å². The quantitative estimate of drug-likeness (QED) is 0.566. The number of rotatable bonds is 6. The predicted octanol–water partition coefficient (Wildman–Crippen LogP) is -0.382. The lowest BCUT2D eigenvalue weighted by atomic mass is 10.1. The van der Waals surface area contributed by atoms with E-state index in [-0.39, 0.29) is 18.7 Å². The molecule has 88 valence electrons. The molecule has 1 fully saturated rings. The highest BCUT2D eigenvalue weighted by Crippen LogP contribution is 2.00. The summed E-state index contributed by atoms with van der Waals surface area (Å²) in [6.45, 7) is 7.24. The van der Waals surface area contributed by atoms with Crippen molar-refractivity contribution < 1.29 is 9.90 Å². The Kier molecular flexibility index (Phi) is 4.84. The Morgan fingerprint density at radius 1 is 1.60 bits per heavy atom. The minimum absolute atomic E-state index is 0.0156. The van der Waals surface area contributed by atoms with Crippen LogP contribution in [-0.4, -0.2) is 54.9 Å². The van der Waals surface area contributed by atoms with Crippen molar-refractivity contribution in [1.29, 1.82) is 0 Å². The van der Waals surface area contributed by atoms with Crippen LogP contribution < -0.4 is 10.6 Å². The summed E-state index contributed by atoms with van der Waals surface area (Å²) in [5.74, 6) is 0.405. The van der Waals surface area contributed by atoms with Gasteiger partial charge in [-0.25, -0.2) is 4.79 Å². The molecule has 1 rings (SSSR count). The average molecular weight is 215 g/mol. The number of amides is 2. The first-order valence-electron chi connectivity index (χ1n) is 5.52. The number of aliphatic hydroxyl groups is 1. The fourth-order valence-electron chi connectivity index (χ4n) is 1.62. The highest BCUT2D eigenvalue weighted by molar-refractivity contribution is 5.76. The van der Waals surface area contributed by atoms with Gasteiger partial charge in [-0.3, -0.25) is 0 Å². The van der Waals surface area contributed by atoms with E-state index < -0.39 is 0 Å². The normalized spacial score (nSPS) is 18.4.